The van der Waals surface area contributed by atoms with E-state index in [-0.39, 0.29) is 18.6 Å². The van der Waals surface area contributed by atoms with Crippen LogP contribution >= 0.6 is 0 Å². The second-order valence-corrected chi connectivity index (χ2v) is 5.03. The predicted molar refractivity (Wildman–Crippen MR) is 78.7 cm³/mol. The van der Waals surface area contributed by atoms with Gasteiger partial charge in [-0.25, -0.2) is 0 Å². The number of anilines is 1. The summed E-state index contributed by atoms with van der Waals surface area (Å²) >= 11 is 0. The van der Waals surface area contributed by atoms with Gasteiger partial charge in [0.15, 0.2) is 6.61 Å². The van der Waals surface area contributed by atoms with Crippen molar-refractivity contribution in [1.82, 2.24) is 10.1 Å². The first-order valence-corrected chi connectivity index (χ1v) is 7.02. The van der Waals surface area contributed by atoms with Crippen LogP contribution in [0.5, 0.6) is 5.75 Å². The highest BCUT2D eigenvalue weighted by atomic mass is 16.5. The molecule has 6 nitrogen and oxygen atoms in total. The predicted octanol–water partition coefficient (Wildman–Crippen LogP) is 2.96. The maximum absolute atomic E-state index is 5.69. The first kappa shape index (κ1) is 15.3. The molecule has 2 rings (SSSR count). The lowest BCUT2D eigenvalue weighted by atomic mass is 10.1. The summed E-state index contributed by atoms with van der Waals surface area (Å²) in [7, 11) is 0. The van der Waals surface area contributed by atoms with Gasteiger partial charge in [0, 0.05) is 18.4 Å². The Bertz CT molecular complexity index is 569. The van der Waals surface area contributed by atoms with E-state index in [0.717, 1.165) is 0 Å². The molecule has 0 fully saturated rings. The van der Waals surface area contributed by atoms with E-state index in [1.165, 1.54) is 0 Å². The van der Waals surface area contributed by atoms with Crippen LogP contribution in [-0.4, -0.2) is 16.7 Å². The lowest BCUT2D eigenvalue weighted by Gasteiger charge is -2.16. The smallest absolute Gasteiger partial charge is 0.264 e. The van der Waals surface area contributed by atoms with Crippen molar-refractivity contribution < 1.29 is 14.0 Å². The largest absolute Gasteiger partial charge is 0.484 e. The average molecular weight is 291 g/mol. The van der Waals surface area contributed by atoms with E-state index in [0.29, 0.717) is 29.8 Å². The molecule has 1 heterocycles. The van der Waals surface area contributed by atoms with Gasteiger partial charge in [-0.15, -0.1) is 0 Å². The molecule has 1 aromatic heterocycles. The zero-order chi connectivity index (χ0) is 15.2. The topological polar surface area (TPSA) is 83.4 Å². The molecule has 1 atom stereocenters. The van der Waals surface area contributed by atoms with Crippen LogP contribution in [0.4, 0.5) is 5.69 Å². The molecular weight excluding hydrogens is 270 g/mol. The molecule has 6 heteroatoms. The summed E-state index contributed by atoms with van der Waals surface area (Å²) in [6.07, 6.45) is -0.167. The molecule has 114 valence electrons. The third kappa shape index (κ3) is 4.19. The normalized spacial score (nSPS) is 12.6. The van der Waals surface area contributed by atoms with E-state index in [4.69, 9.17) is 19.7 Å². The molecule has 0 saturated heterocycles. The summed E-state index contributed by atoms with van der Waals surface area (Å²) in [5.74, 6) is 1.90. The second-order valence-electron chi connectivity index (χ2n) is 5.03. The minimum Gasteiger partial charge on any atom is -0.484 e. The summed E-state index contributed by atoms with van der Waals surface area (Å²) in [5, 5.41) is 3.97. The molecule has 21 heavy (non-hydrogen) atoms. The van der Waals surface area contributed by atoms with Crippen LogP contribution in [-0.2, 0) is 11.3 Å². The van der Waals surface area contributed by atoms with Crippen molar-refractivity contribution >= 4 is 5.69 Å². The third-order valence-corrected chi connectivity index (χ3v) is 2.91. The van der Waals surface area contributed by atoms with Crippen molar-refractivity contribution in [2.75, 3.05) is 12.3 Å². The third-order valence-electron chi connectivity index (χ3n) is 2.91. The van der Waals surface area contributed by atoms with E-state index in [9.17, 15) is 0 Å². The Morgan fingerprint density at radius 2 is 2.14 bits per heavy atom. The molecule has 0 saturated carbocycles. The van der Waals surface area contributed by atoms with Crippen LogP contribution in [0, 0.1) is 5.92 Å². The van der Waals surface area contributed by atoms with Crippen molar-refractivity contribution in [2.24, 2.45) is 5.92 Å². The van der Waals surface area contributed by atoms with Gasteiger partial charge in [-0.3, -0.25) is 0 Å². The fraction of sp³-hybridized carbons (Fsp3) is 0.467. The van der Waals surface area contributed by atoms with Crippen molar-refractivity contribution in [3.63, 3.8) is 0 Å². The zero-order valence-corrected chi connectivity index (χ0v) is 12.6. The van der Waals surface area contributed by atoms with Gasteiger partial charge in [0.25, 0.3) is 5.89 Å². The maximum atomic E-state index is 5.69. The van der Waals surface area contributed by atoms with E-state index in [1.54, 1.807) is 12.1 Å². The Hall–Kier alpha value is -2.08. The molecule has 0 aliphatic carbocycles. The zero-order valence-electron chi connectivity index (χ0n) is 12.6. The van der Waals surface area contributed by atoms with Crippen molar-refractivity contribution in [3.8, 4) is 5.75 Å². The van der Waals surface area contributed by atoms with Crippen LogP contribution in [0.2, 0.25) is 0 Å². The van der Waals surface area contributed by atoms with Crippen LogP contribution in [0.25, 0.3) is 0 Å². The quantitative estimate of drug-likeness (QED) is 0.790. The highest BCUT2D eigenvalue weighted by molar-refractivity contribution is 5.43. The number of benzene rings is 1. The van der Waals surface area contributed by atoms with E-state index in [1.807, 2.05) is 19.1 Å². The minimum absolute atomic E-state index is 0.167. The summed E-state index contributed by atoms with van der Waals surface area (Å²) in [5.41, 5.74) is 6.34. The molecule has 0 bridgehead atoms. The molecule has 0 aliphatic heterocycles. The van der Waals surface area contributed by atoms with Gasteiger partial charge in [0.2, 0.25) is 5.82 Å². The number of hydrogen-bond donors (Lipinski definition) is 1. The molecule has 2 N–H and O–H groups in total. The first-order valence-electron chi connectivity index (χ1n) is 7.02. The molecule has 0 aliphatic rings. The van der Waals surface area contributed by atoms with E-state index < -0.39 is 0 Å². The van der Waals surface area contributed by atoms with Crippen molar-refractivity contribution in [2.45, 2.75) is 33.5 Å². The van der Waals surface area contributed by atoms with Crippen LogP contribution in [0.1, 0.15) is 38.6 Å². The lowest BCUT2D eigenvalue weighted by molar-refractivity contribution is 0.0217. The number of hydrogen-bond acceptors (Lipinski definition) is 6. The Morgan fingerprint density at radius 1 is 1.33 bits per heavy atom. The van der Waals surface area contributed by atoms with Gasteiger partial charge in [0.05, 0.1) is 0 Å². The molecular formula is C15H21N3O3. The van der Waals surface area contributed by atoms with E-state index >= 15 is 0 Å². The van der Waals surface area contributed by atoms with Crippen LogP contribution in [0.3, 0.4) is 0 Å². The fourth-order valence-corrected chi connectivity index (χ4v) is 1.94. The Morgan fingerprint density at radius 3 is 2.81 bits per heavy atom. The monoisotopic (exact) mass is 291 g/mol. The van der Waals surface area contributed by atoms with Gasteiger partial charge < -0.3 is 19.7 Å². The molecule has 0 radical (unpaired) electrons. The molecule has 2 aromatic rings. The van der Waals surface area contributed by atoms with Gasteiger partial charge in [-0.05, 0) is 25.0 Å². The number of aromatic nitrogens is 2. The summed E-state index contributed by atoms with van der Waals surface area (Å²) in [6.45, 7) is 6.86. The van der Waals surface area contributed by atoms with Gasteiger partial charge >= 0.3 is 0 Å². The highest BCUT2D eigenvalue weighted by Crippen LogP contribution is 2.23. The fourth-order valence-electron chi connectivity index (χ4n) is 1.94. The SMILES string of the molecule is CCOC(c1noc(COc2cccc(N)c2)n1)C(C)C. The van der Waals surface area contributed by atoms with Gasteiger partial charge in [0.1, 0.15) is 11.9 Å². The van der Waals surface area contributed by atoms with Gasteiger partial charge in [-0.2, -0.15) is 4.98 Å². The number of nitrogens with zero attached hydrogens (tertiary/aromatic N) is 2. The van der Waals surface area contributed by atoms with E-state index in [2.05, 4.69) is 24.0 Å². The van der Waals surface area contributed by atoms with Crippen molar-refractivity contribution in [1.29, 1.82) is 0 Å². The summed E-state index contributed by atoms with van der Waals surface area (Å²) < 4.78 is 16.4. The summed E-state index contributed by atoms with van der Waals surface area (Å²) in [4.78, 5) is 4.33. The van der Waals surface area contributed by atoms with Crippen LogP contribution < -0.4 is 10.5 Å². The van der Waals surface area contributed by atoms with Crippen LogP contribution in [0.15, 0.2) is 28.8 Å². The lowest BCUT2D eigenvalue weighted by Crippen LogP contribution is -2.13. The maximum Gasteiger partial charge on any atom is 0.264 e. The van der Waals surface area contributed by atoms with Crippen molar-refractivity contribution in [3.05, 3.63) is 36.0 Å². The van der Waals surface area contributed by atoms with Gasteiger partial charge in [-0.1, -0.05) is 25.1 Å². The number of nitrogen functional groups attached to an aromatic ring is 1. The minimum atomic E-state index is -0.167. The first-order chi connectivity index (χ1) is 10.1. The molecule has 1 aromatic carbocycles. The average Bonchev–Trinajstić information content (AvgIpc) is 2.91. The molecule has 1 unspecified atom stereocenters. The Labute approximate surface area is 124 Å². The molecule has 0 spiro atoms. The Balaban J connectivity index is 1.99. The standard InChI is InChI=1S/C15H21N3O3/c1-4-19-14(10(2)3)15-17-13(21-18-15)9-20-12-7-5-6-11(16)8-12/h5-8,10,14H,4,9,16H2,1-3H3. The number of nitrogens with two attached hydrogens (primary N) is 1. The Kier molecular flexibility index (Phi) is 5.16. The molecule has 0 amide bonds. The number of ether oxygens (including phenoxy) is 2. The summed E-state index contributed by atoms with van der Waals surface area (Å²) in [6, 6.07) is 7.19. The highest BCUT2D eigenvalue weighted by Gasteiger charge is 2.22. The number of rotatable bonds is 7. The second kappa shape index (κ2) is 7.08.